The van der Waals surface area contributed by atoms with Gasteiger partial charge < -0.3 is 10.4 Å². The lowest BCUT2D eigenvalue weighted by molar-refractivity contribution is 0.0862. The van der Waals surface area contributed by atoms with Crippen molar-refractivity contribution in [2.24, 2.45) is 0 Å². The maximum absolute atomic E-state index is 12.3. The first-order valence-electron chi connectivity index (χ1n) is 6.70. The van der Waals surface area contributed by atoms with Gasteiger partial charge in [-0.05, 0) is 36.6 Å². The number of aryl methyl sites for hydroxylation is 2. The van der Waals surface area contributed by atoms with Gasteiger partial charge in [-0.25, -0.2) is 0 Å². The second-order valence-corrected chi connectivity index (χ2v) is 6.53. The Labute approximate surface area is 122 Å². The van der Waals surface area contributed by atoms with Crippen LogP contribution in [0.2, 0.25) is 0 Å². The van der Waals surface area contributed by atoms with E-state index in [0.717, 1.165) is 21.6 Å². The highest BCUT2D eigenvalue weighted by atomic mass is 32.1. The standard InChI is InChI=1S/C16H17NO2S/c1-9-7-14(20-10(9)2)16(19)17-15-12-6-4-3-5-11(12)8-13(15)18/h3-7,13,15,18H,8H2,1-2H3,(H,17,19)/t13-,15+/m1/s1. The minimum atomic E-state index is -0.543. The number of carbonyl (C=O) groups excluding carboxylic acids is 1. The molecule has 1 aliphatic rings. The average molecular weight is 287 g/mol. The van der Waals surface area contributed by atoms with Crippen molar-refractivity contribution < 1.29 is 9.90 Å². The molecule has 104 valence electrons. The first kappa shape index (κ1) is 13.3. The number of amides is 1. The van der Waals surface area contributed by atoms with E-state index in [0.29, 0.717) is 11.3 Å². The minimum Gasteiger partial charge on any atom is -0.390 e. The van der Waals surface area contributed by atoms with E-state index in [1.54, 1.807) is 0 Å². The lowest BCUT2D eigenvalue weighted by atomic mass is 10.1. The van der Waals surface area contributed by atoms with Crippen LogP contribution >= 0.6 is 11.3 Å². The molecule has 1 amide bonds. The Kier molecular flexibility index (Phi) is 3.36. The normalized spacial score (nSPS) is 20.8. The highest BCUT2D eigenvalue weighted by Crippen LogP contribution is 2.32. The van der Waals surface area contributed by atoms with E-state index >= 15 is 0 Å². The molecule has 0 saturated carbocycles. The third-order valence-electron chi connectivity index (χ3n) is 3.88. The average Bonchev–Trinajstić information content (AvgIpc) is 2.91. The van der Waals surface area contributed by atoms with Crippen molar-refractivity contribution in [1.29, 1.82) is 0 Å². The van der Waals surface area contributed by atoms with Gasteiger partial charge >= 0.3 is 0 Å². The number of thiophene rings is 1. The number of hydrogen-bond donors (Lipinski definition) is 2. The van der Waals surface area contributed by atoms with Crippen LogP contribution in [0.15, 0.2) is 30.3 Å². The van der Waals surface area contributed by atoms with Gasteiger partial charge in [0.2, 0.25) is 0 Å². The summed E-state index contributed by atoms with van der Waals surface area (Å²) in [4.78, 5) is 14.2. The van der Waals surface area contributed by atoms with E-state index in [1.165, 1.54) is 11.3 Å². The number of aliphatic hydroxyl groups is 1. The molecule has 0 spiro atoms. The van der Waals surface area contributed by atoms with Crippen molar-refractivity contribution in [2.75, 3.05) is 0 Å². The fourth-order valence-corrected chi connectivity index (χ4v) is 3.58. The van der Waals surface area contributed by atoms with Crippen LogP contribution in [-0.4, -0.2) is 17.1 Å². The van der Waals surface area contributed by atoms with Gasteiger partial charge in [0.1, 0.15) is 0 Å². The molecule has 20 heavy (non-hydrogen) atoms. The second-order valence-electron chi connectivity index (χ2n) is 5.27. The van der Waals surface area contributed by atoms with Crippen LogP contribution in [-0.2, 0) is 6.42 Å². The van der Waals surface area contributed by atoms with Crippen molar-refractivity contribution in [3.63, 3.8) is 0 Å². The molecule has 4 heteroatoms. The Hall–Kier alpha value is -1.65. The van der Waals surface area contributed by atoms with Crippen LogP contribution in [0.1, 0.15) is 37.3 Å². The summed E-state index contributed by atoms with van der Waals surface area (Å²) in [5.74, 6) is -0.105. The number of carbonyl (C=O) groups is 1. The molecule has 1 aromatic heterocycles. The summed E-state index contributed by atoms with van der Waals surface area (Å²) in [5.41, 5.74) is 3.27. The van der Waals surface area contributed by atoms with E-state index in [2.05, 4.69) is 5.32 Å². The van der Waals surface area contributed by atoms with Gasteiger partial charge in [-0.2, -0.15) is 0 Å². The Balaban J connectivity index is 1.83. The SMILES string of the molecule is Cc1cc(C(=O)N[C@H]2c3ccccc3C[C@H]2O)sc1C. The molecule has 2 N–H and O–H groups in total. The monoisotopic (exact) mass is 287 g/mol. The summed E-state index contributed by atoms with van der Waals surface area (Å²) in [6.45, 7) is 4.01. The number of hydrogen-bond acceptors (Lipinski definition) is 3. The van der Waals surface area contributed by atoms with Crippen LogP contribution < -0.4 is 5.32 Å². The van der Waals surface area contributed by atoms with Gasteiger partial charge in [-0.15, -0.1) is 11.3 Å². The summed E-state index contributed by atoms with van der Waals surface area (Å²) in [6, 6.07) is 9.48. The summed E-state index contributed by atoms with van der Waals surface area (Å²) in [6.07, 6.45) is 0.0578. The van der Waals surface area contributed by atoms with Crippen molar-refractivity contribution in [3.8, 4) is 0 Å². The summed E-state index contributed by atoms with van der Waals surface area (Å²) < 4.78 is 0. The molecule has 3 nitrogen and oxygen atoms in total. The van der Waals surface area contributed by atoms with Crippen LogP contribution in [0.5, 0.6) is 0 Å². The molecule has 0 fully saturated rings. The molecule has 0 saturated heterocycles. The van der Waals surface area contributed by atoms with E-state index in [1.807, 2.05) is 44.2 Å². The molecule has 1 aromatic carbocycles. The maximum Gasteiger partial charge on any atom is 0.261 e. The number of aliphatic hydroxyl groups excluding tert-OH is 1. The van der Waals surface area contributed by atoms with Crippen molar-refractivity contribution in [2.45, 2.75) is 32.4 Å². The van der Waals surface area contributed by atoms with Gasteiger partial charge in [0.05, 0.1) is 17.0 Å². The van der Waals surface area contributed by atoms with Gasteiger partial charge in [-0.1, -0.05) is 24.3 Å². The van der Waals surface area contributed by atoms with E-state index in [-0.39, 0.29) is 11.9 Å². The molecule has 0 aliphatic heterocycles. The quantitative estimate of drug-likeness (QED) is 0.892. The van der Waals surface area contributed by atoms with Gasteiger partial charge in [0.25, 0.3) is 5.91 Å². The van der Waals surface area contributed by atoms with E-state index < -0.39 is 6.10 Å². The predicted octanol–water partition coefficient (Wildman–Crippen LogP) is 2.75. The first-order valence-corrected chi connectivity index (χ1v) is 7.51. The largest absolute Gasteiger partial charge is 0.390 e. The highest BCUT2D eigenvalue weighted by Gasteiger charge is 2.32. The van der Waals surface area contributed by atoms with Crippen LogP contribution in [0, 0.1) is 13.8 Å². The number of nitrogens with one attached hydrogen (secondary N) is 1. The van der Waals surface area contributed by atoms with Crippen LogP contribution in [0.25, 0.3) is 0 Å². The van der Waals surface area contributed by atoms with Crippen LogP contribution in [0.4, 0.5) is 0 Å². The third kappa shape index (κ3) is 2.25. The first-order chi connectivity index (χ1) is 9.56. The molecule has 1 heterocycles. The fraction of sp³-hybridized carbons (Fsp3) is 0.312. The van der Waals surface area contributed by atoms with Gasteiger partial charge in [0.15, 0.2) is 0 Å². The van der Waals surface area contributed by atoms with Crippen molar-refractivity contribution in [1.82, 2.24) is 5.32 Å². The number of fused-ring (bicyclic) bond motifs is 1. The van der Waals surface area contributed by atoms with Crippen molar-refractivity contribution >= 4 is 17.2 Å². The predicted molar refractivity (Wildman–Crippen MR) is 80.2 cm³/mol. The lowest BCUT2D eigenvalue weighted by Gasteiger charge is -2.17. The highest BCUT2D eigenvalue weighted by molar-refractivity contribution is 7.14. The molecule has 0 bridgehead atoms. The number of benzene rings is 1. The number of rotatable bonds is 2. The van der Waals surface area contributed by atoms with Gasteiger partial charge in [0, 0.05) is 11.3 Å². The molecule has 2 atom stereocenters. The smallest absolute Gasteiger partial charge is 0.261 e. The molecular weight excluding hydrogens is 270 g/mol. The zero-order valence-electron chi connectivity index (χ0n) is 11.5. The van der Waals surface area contributed by atoms with Crippen LogP contribution in [0.3, 0.4) is 0 Å². The zero-order chi connectivity index (χ0) is 14.3. The Morgan fingerprint density at radius 1 is 1.35 bits per heavy atom. The molecule has 1 aliphatic carbocycles. The van der Waals surface area contributed by atoms with E-state index in [9.17, 15) is 9.90 Å². The molecule has 0 radical (unpaired) electrons. The molecule has 3 rings (SSSR count). The Morgan fingerprint density at radius 2 is 2.10 bits per heavy atom. The summed E-state index contributed by atoms with van der Waals surface area (Å²) in [7, 11) is 0. The molecular formula is C16H17NO2S. The topological polar surface area (TPSA) is 49.3 Å². The Bertz CT molecular complexity index is 643. The maximum atomic E-state index is 12.3. The molecule has 0 unspecified atom stereocenters. The zero-order valence-corrected chi connectivity index (χ0v) is 12.3. The summed E-state index contributed by atoms with van der Waals surface area (Å²) >= 11 is 1.49. The fourth-order valence-electron chi connectivity index (χ4n) is 2.65. The second kappa shape index (κ2) is 5.04. The molecule has 2 aromatic rings. The summed E-state index contributed by atoms with van der Waals surface area (Å²) in [5, 5.41) is 13.1. The van der Waals surface area contributed by atoms with Crippen molar-refractivity contribution in [3.05, 3.63) is 56.8 Å². The Morgan fingerprint density at radius 3 is 2.80 bits per heavy atom. The van der Waals surface area contributed by atoms with Gasteiger partial charge in [-0.3, -0.25) is 4.79 Å². The third-order valence-corrected chi connectivity index (χ3v) is 5.03. The minimum absolute atomic E-state index is 0.105. The lowest BCUT2D eigenvalue weighted by Crippen LogP contribution is -2.33. The van der Waals surface area contributed by atoms with E-state index in [4.69, 9.17) is 0 Å².